The SMILES string of the molecule is CNC1CC(C)(C)Cc2nc(N3CCC(OC)C3)sc21. The number of aromatic nitrogens is 1. The van der Waals surface area contributed by atoms with Crippen molar-refractivity contribution in [2.24, 2.45) is 5.41 Å². The van der Waals surface area contributed by atoms with Gasteiger partial charge in [0.1, 0.15) is 0 Å². The number of hydrogen-bond acceptors (Lipinski definition) is 5. The number of nitrogens with zero attached hydrogens (tertiary/aromatic N) is 2. The van der Waals surface area contributed by atoms with Gasteiger partial charge in [-0.25, -0.2) is 4.98 Å². The summed E-state index contributed by atoms with van der Waals surface area (Å²) in [5, 5.41) is 4.65. The molecule has 1 aromatic rings. The Morgan fingerprint density at radius 1 is 1.45 bits per heavy atom. The van der Waals surface area contributed by atoms with E-state index in [1.54, 1.807) is 7.11 Å². The van der Waals surface area contributed by atoms with Gasteiger partial charge >= 0.3 is 0 Å². The first-order chi connectivity index (χ1) is 9.52. The van der Waals surface area contributed by atoms with E-state index in [2.05, 4.69) is 31.1 Å². The maximum absolute atomic E-state index is 5.46. The van der Waals surface area contributed by atoms with E-state index in [0.29, 0.717) is 17.6 Å². The maximum Gasteiger partial charge on any atom is 0.185 e. The fraction of sp³-hybridized carbons (Fsp3) is 0.800. The van der Waals surface area contributed by atoms with Gasteiger partial charge in [-0.15, -0.1) is 0 Å². The molecule has 1 saturated heterocycles. The summed E-state index contributed by atoms with van der Waals surface area (Å²) in [5.74, 6) is 0. The van der Waals surface area contributed by atoms with Gasteiger partial charge in [-0.1, -0.05) is 25.2 Å². The predicted molar refractivity (Wildman–Crippen MR) is 83.6 cm³/mol. The second-order valence-electron chi connectivity index (χ2n) is 6.79. The van der Waals surface area contributed by atoms with E-state index < -0.39 is 0 Å². The van der Waals surface area contributed by atoms with Crippen LogP contribution in [0, 0.1) is 5.41 Å². The van der Waals surface area contributed by atoms with Crippen LogP contribution in [0.15, 0.2) is 0 Å². The van der Waals surface area contributed by atoms with Gasteiger partial charge in [0.05, 0.1) is 11.8 Å². The monoisotopic (exact) mass is 295 g/mol. The van der Waals surface area contributed by atoms with Crippen molar-refractivity contribution in [3.63, 3.8) is 0 Å². The first kappa shape index (κ1) is 14.3. The number of fused-ring (bicyclic) bond motifs is 1. The van der Waals surface area contributed by atoms with E-state index in [9.17, 15) is 0 Å². The minimum Gasteiger partial charge on any atom is -0.380 e. The molecule has 1 aromatic heterocycles. The minimum absolute atomic E-state index is 0.339. The Bertz CT molecular complexity index is 485. The molecule has 20 heavy (non-hydrogen) atoms. The molecule has 1 aliphatic carbocycles. The second kappa shape index (κ2) is 5.28. The molecule has 0 bridgehead atoms. The molecule has 1 aliphatic heterocycles. The molecule has 2 atom stereocenters. The standard InChI is InChI=1S/C15H25N3OS/c1-15(2)7-11(16-3)13-12(8-15)17-14(20-13)18-6-5-10(9-18)19-4/h10-11,16H,5-9H2,1-4H3. The van der Waals surface area contributed by atoms with Crippen molar-refractivity contribution in [3.05, 3.63) is 10.6 Å². The molecular weight excluding hydrogens is 270 g/mol. The Balaban J connectivity index is 1.85. The molecule has 2 aliphatic rings. The number of rotatable bonds is 3. The molecule has 2 heterocycles. The van der Waals surface area contributed by atoms with Crippen LogP contribution in [0.2, 0.25) is 0 Å². The van der Waals surface area contributed by atoms with Crippen molar-refractivity contribution in [2.45, 2.75) is 45.3 Å². The van der Waals surface area contributed by atoms with Crippen LogP contribution in [-0.4, -0.2) is 38.3 Å². The van der Waals surface area contributed by atoms with Gasteiger partial charge in [0.2, 0.25) is 0 Å². The summed E-state index contributed by atoms with van der Waals surface area (Å²) in [6.45, 7) is 6.74. The molecule has 5 heteroatoms. The summed E-state index contributed by atoms with van der Waals surface area (Å²) in [5.41, 5.74) is 1.65. The lowest BCUT2D eigenvalue weighted by molar-refractivity contribution is 0.121. The van der Waals surface area contributed by atoms with Crippen molar-refractivity contribution < 1.29 is 4.74 Å². The highest BCUT2D eigenvalue weighted by Gasteiger charge is 2.35. The molecule has 0 radical (unpaired) electrons. The summed E-state index contributed by atoms with van der Waals surface area (Å²) in [6, 6.07) is 0.459. The third kappa shape index (κ3) is 2.59. The quantitative estimate of drug-likeness (QED) is 0.930. The summed E-state index contributed by atoms with van der Waals surface area (Å²) < 4.78 is 5.46. The first-order valence-corrected chi connectivity index (χ1v) is 8.28. The molecule has 0 amide bonds. The molecule has 0 saturated carbocycles. The topological polar surface area (TPSA) is 37.4 Å². The number of hydrogen-bond donors (Lipinski definition) is 1. The Kier molecular flexibility index (Phi) is 3.77. The third-order valence-corrected chi connectivity index (χ3v) is 5.80. The molecule has 2 unspecified atom stereocenters. The predicted octanol–water partition coefficient (Wildman–Crippen LogP) is 2.60. The number of anilines is 1. The second-order valence-corrected chi connectivity index (χ2v) is 7.80. The van der Waals surface area contributed by atoms with E-state index in [1.807, 2.05) is 11.3 Å². The van der Waals surface area contributed by atoms with E-state index in [-0.39, 0.29) is 0 Å². The van der Waals surface area contributed by atoms with Crippen molar-refractivity contribution in [3.8, 4) is 0 Å². The fourth-order valence-electron chi connectivity index (χ4n) is 3.38. The van der Waals surface area contributed by atoms with Crippen LogP contribution in [0.4, 0.5) is 5.13 Å². The molecule has 3 rings (SSSR count). The lowest BCUT2D eigenvalue weighted by Gasteiger charge is -2.34. The van der Waals surface area contributed by atoms with E-state index >= 15 is 0 Å². The van der Waals surface area contributed by atoms with Crippen LogP contribution in [0.25, 0.3) is 0 Å². The number of thiazole rings is 1. The van der Waals surface area contributed by atoms with Gasteiger partial charge in [0.25, 0.3) is 0 Å². The van der Waals surface area contributed by atoms with E-state index in [4.69, 9.17) is 9.72 Å². The highest BCUT2D eigenvalue weighted by Crippen LogP contribution is 2.44. The maximum atomic E-state index is 5.46. The number of nitrogens with one attached hydrogen (secondary N) is 1. The summed E-state index contributed by atoms with van der Waals surface area (Å²) in [7, 11) is 3.87. The first-order valence-electron chi connectivity index (χ1n) is 7.47. The average Bonchev–Trinajstić information content (AvgIpc) is 3.01. The van der Waals surface area contributed by atoms with E-state index in [1.165, 1.54) is 22.1 Å². The lowest BCUT2D eigenvalue weighted by atomic mass is 9.76. The molecule has 1 N–H and O–H groups in total. The zero-order chi connectivity index (χ0) is 14.3. The summed E-state index contributed by atoms with van der Waals surface area (Å²) in [4.78, 5) is 8.78. The van der Waals surface area contributed by atoms with Crippen LogP contribution in [0.1, 0.15) is 43.3 Å². The molecule has 0 aromatic carbocycles. The highest BCUT2D eigenvalue weighted by molar-refractivity contribution is 7.15. The van der Waals surface area contributed by atoms with E-state index in [0.717, 1.165) is 25.9 Å². The van der Waals surface area contributed by atoms with Crippen LogP contribution >= 0.6 is 11.3 Å². The van der Waals surface area contributed by atoms with Gasteiger partial charge in [-0.3, -0.25) is 0 Å². The highest BCUT2D eigenvalue weighted by atomic mass is 32.1. The van der Waals surface area contributed by atoms with Gasteiger partial charge in [0.15, 0.2) is 5.13 Å². The normalized spacial score (nSPS) is 28.7. The Hall–Kier alpha value is -0.650. The van der Waals surface area contributed by atoms with Gasteiger partial charge in [-0.2, -0.15) is 0 Å². The largest absolute Gasteiger partial charge is 0.380 e. The minimum atomic E-state index is 0.339. The molecule has 4 nitrogen and oxygen atoms in total. The molecular formula is C15H25N3OS. The Morgan fingerprint density at radius 3 is 2.90 bits per heavy atom. The Morgan fingerprint density at radius 2 is 2.25 bits per heavy atom. The summed E-state index contributed by atoms with van der Waals surface area (Å²) in [6.07, 6.45) is 3.77. The zero-order valence-electron chi connectivity index (χ0n) is 12.9. The van der Waals surface area contributed by atoms with Gasteiger partial charge in [-0.05, 0) is 31.7 Å². The lowest BCUT2D eigenvalue weighted by Crippen LogP contribution is -2.30. The molecule has 0 spiro atoms. The molecule has 1 fully saturated rings. The average molecular weight is 295 g/mol. The Labute approximate surface area is 125 Å². The number of methoxy groups -OCH3 is 1. The van der Waals surface area contributed by atoms with Gasteiger partial charge in [0, 0.05) is 31.1 Å². The zero-order valence-corrected chi connectivity index (χ0v) is 13.7. The van der Waals surface area contributed by atoms with Crippen LogP contribution in [0.5, 0.6) is 0 Å². The molecule has 112 valence electrons. The van der Waals surface area contributed by atoms with Crippen LogP contribution in [-0.2, 0) is 11.2 Å². The van der Waals surface area contributed by atoms with Gasteiger partial charge < -0.3 is 15.0 Å². The smallest absolute Gasteiger partial charge is 0.185 e. The van der Waals surface area contributed by atoms with Crippen molar-refractivity contribution in [2.75, 3.05) is 32.1 Å². The van der Waals surface area contributed by atoms with Crippen molar-refractivity contribution in [1.82, 2.24) is 10.3 Å². The fourth-order valence-corrected chi connectivity index (χ4v) is 4.61. The number of ether oxygens (including phenoxy) is 1. The van der Waals surface area contributed by atoms with Crippen LogP contribution < -0.4 is 10.2 Å². The van der Waals surface area contributed by atoms with Crippen molar-refractivity contribution >= 4 is 16.5 Å². The third-order valence-electron chi connectivity index (χ3n) is 4.53. The van der Waals surface area contributed by atoms with Crippen molar-refractivity contribution in [1.29, 1.82) is 0 Å². The van der Waals surface area contributed by atoms with Crippen LogP contribution in [0.3, 0.4) is 0 Å². The summed E-state index contributed by atoms with van der Waals surface area (Å²) >= 11 is 1.88.